The van der Waals surface area contributed by atoms with Crippen LogP contribution in [0.4, 0.5) is 0 Å². The molecule has 0 aromatic carbocycles. The first kappa shape index (κ1) is 7.94. The minimum absolute atomic E-state index is 0.119. The fourth-order valence-electron chi connectivity index (χ4n) is 0.648. The van der Waals surface area contributed by atoms with E-state index in [2.05, 4.69) is 0 Å². The summed E-state index contributed by atoms with van der Waals surface area (Å²) in [6.07, 6.45) is 1.27. The van der Waals surface area contributed by atoms with E-state index in [1.54, 1.807) is 0 Å². The summed E-state index contributed by atoms with van der Waals surface area (Å²) >= 11 is 0. The summed E-state index contributed by atoms with van der Waals surface area (Å²) in [4.78, 5) is 20.5. The second-order valence-corrected chi connectivity index (χ2v) is 4.64. The topological polar surface area (TPSA) is 54.4 Å². The number of carbonyl (C=O) groups is 2. The van der Waals surface area contributed by atoms with Crippen LogP contribution < -0.4 is 0 Å². The van der Waals surface area contributed by atoms with E-state index in [0.717, 1.165) is 6.29 Å². The van der Waals surface area contributed by atoms with E-state index in [0.29, 0.717) is 6.42 Å². The van der Waals surface area contributed by atoms with Crippen molar-refractivity contribution in [3.8, 4) is 0 Å². The van der Waals surface area contributed by atoms with Gasteiger partial charge in [-0.1, -0.05) is 21.6 Å². The summed E-state index contributed by atoms with van der Waals surface area (Å²) in [7, 11) is 2.62. The first-order valence-electron chi connectivity index (χ1n) is 2.74. The maximum Gasteiger partial charge on any atom is 0.317 e. The normalized spacial score (nSPS) is 32.0. The predicted molar refractivity (Wildman–Crippen MR) is 41.1 cm³/mol. The molecule has 10 heavy (non-hydrogen) atoms. The Hall–Kier alpha value is -0.160. The molecule has 0 aliphatic carbocycles. The van der Waals surface area contributed by atoms with Crippen LogP contribution in [0.2, 0.25) is 0 Å². The molecule has 1 fully saturated rings. The molecule has 2 unspecified atom stereocenters. The first-order chi connectivity index (χ1) is 4.74. The standard InChI is InChI=1S/C5H6O3S2/c6-2-3-1-4(5(7)8)10-9-3/h2-4H,1H2,(H,7,8). The highest BCUT2D eigenvalue weighted by molar-refractivity contribution is 8.78. The van der Waals surface area contributed by atoms with Gasteiger partial charge in [-0.3, -0.25) is 4.79 Å². The smallest absolute Gasteiger partial charge is 0.317 e. The maximum absolute atomic E-state index is 10.3. The van der Waals surface area contributed by atoms with Crippen LogP contribution >= 0.6 is 21.6 Å². The second-order valence-electron chi connectivity index (χ2n) is 1.93. The molecule has 1 rings (SSSR count). The van der Waals surface area contributed by atoms with Crippen molar-refractivity contribution in [2.24, 2.45) is 0 Å². The minimum atomic E-state index is -0.818. The van der Waals surface area contributed by atoms with Crippen LogP contribution in [-0.4, -0.2) is 27.9 Å². The number of hydrogen-bond acceptors (Lipinski definition) is 4. The van der Waals surface area contributed by atoms with E-state index in [1.165, 1.54) is 21.6 Å². The van der Waals surface area contributed by atoms with Crippen LogP contribution in [-0.2, 0) is 9.59 Å². The lowest BCUT2D eigenvalue weighted by Crippen LogP contribution is -2.15. The lowest BCUT2D eigenvalue weighted by atomic mass is 10.2. The van der Waals surface area contributed by atoms with E-state index in [9.17, 15) is 9.59 Å². The Morgan fingerprint density at radius 1 is 1.60 bits per heavy atom. The maximum atomic E-state index is 10.3. The SMILES string of the molecule is O=CC1CC(C(=O)O)SS1. The summed E-state index contributed by atoms with van der Waals surface area (Å²) in [5.41, 5.74) is 0. The van der Waals surface area contributed by atoms with Gasteiger partial charge in [-0.25, -0.2) is 0 Å². The molecule has 0 spiro atoms. The molecule has 1 N–H and O–H groups in total. The summed E-state index contributed by atoms with van der Waals surface area (Å²) in [5.74, 6) is -0.818. The van der Waals surface area contributed by atoms with Gasteiger partial charge in [0.2, 0.25) is 0 Å². The third-order valence-corrected chi connectivity index (χ3v) is 4.23. The number of hydrogen-bond donors (Lipinski definition) is 1. The van der Waals surface area contributed by atoms with Crippen LogP contribution in [0, 0.1) is 0 Å². The quantitative estimate of drug-likeness (QED) is 0.500. The fraction of sp³-hybridized carbons (Fsp3) is 0.600. The largest absolute Gasteiger partial charge is 0.480 e. The van der Waals surface area contributed by atoms with Crippen molar-refractivity contribution in [1.82, 2.24) is 0 Å². The average molecular weight is 178 g/mol. The van der Waals surface area contributed by atoms with Crippen molar-refractivity contribution < 1.29 is 14.7 Å². The molecule has 1 aliphatic heterocycles. The van der Waals surface area contributed by atoms with E-state index in [1.807, 2.05) is 0 Å². The van der Waals surface area contributed by atoms with Crippen molar-refractivity contribution >= 4 is 33.8 Å². The molecule has 0 aromatic rings. The van der Waals surface area contributed by atoms with Crippen molar-refractivity contribution in [3.63, 3.8) is 0 Å². The van der Waals surface area contributed by atoms with Crippen molar-refractivity contribution in [3.05, 3.63) is 0 Å². The molecule has 5 heteroatoms. The number of carbonyl (C=O) groups excluding carboxylic acids is 1. The first-order valence-corrected chi connectivity index (χ1v) is 5.02. The van der Waals surface area contributed by atoms with Gasteiger partial charge in [-0.2, -0.15) is 0 Å². The molecule has 0 saturated carbocycles. The molecule has 1 heterocycles. The molecule has 56 valence electrons. The lowest BCUT2D eigenvalue weighted by molar-refractivity contribution is -0.136. The van der Waals surface area contributed by atoms with Crippen LogP contribution in [0.3, 0.4) is 0 Å². The van der Waals surface area contributed by atoms with E-state index < -0.39 is 5.97 Å². The van der Waals surface area contributed by atoms with Gasteiger partial charge in [-0.15, -0.1) is 0 Å². The molecule has 0 radical (unpaired) electrons. The van der Waals surface area contributed by atoms with Gasteiger partial charge < -0.3 is 9.90 Å². The van der Waals surface area contributed by atoms with E-state index >= 15 is 0 Å². The van der Waals surface area contributed by atoms with E-state index in [-0.39, 0.29) is 10.5 Å². The minimum Gasteiger partial charge on any atom is -0.480 e. The number of aliphatic carboxylic acids is 1. The Kier molecular flexibility index (Phi) is 2.62. The fourth-order valence-corrected chi connectivity index (χ4v) is 3.42. The highest BCUT2D eigenvalue weighted by Gasteiger charge is 2.30. The Morgan fingerprint density at radius 3 is 2.60 bits per heavy atom. The highest BCUT2D eigenvalue weighted by Crippen LogP contribution is 2.42. The molecule has 1 aliphatic rings. The summed E-state index contributed by atoms with van der Waals surface area (Å²) in [6, 6.07) is 0. The monoisotopic (exact) mass is 178 g/mol. The van der Waals surface area contributed by atoms with Gasteiger partial charge in [0.25, 0.3) is 0 Å². The Labute approximate surface area is 66.0 Å². The van der Waals surface area contributed by atoms with Gasteiger partial charge >= 0.3 is 5.97 Å². The predicted octanol–water partition coefficient (Wildman–Crippen LogP) is 0.792. The molecule has 1 saturated heterocycles. The van der Waals surface area contributed by atoms with Gasteiger partial charge in [0.15, 0.2) is 0 Å². The number of rotatable bonds is 2. The Balaban J connectivity index is 2.42. The number of aldehydes is 1. The summed E-state index contributed by atoms with van der Waals surface area (Å²) in [5, 5.41) is 7.97. The molecular weight excluding hydrogens is 172 g/mol. The zero-order valence-corrected chi connectivity index (χ0v) is 6.65. The van der Waals surface area contributed by atoms with Crippen molar-refractivity contribution in [2.75, 3.05) is 0 Å². The summed E-state index contributed by atoms with van der Waals surface area (Å²) in [6.45, 7) is 0. The van der Waals surface area contributed by atoms with Gasteiger partial charge in [0.05, 0.1) is 5.25 Å². The van der Waals surface area contributed by atoms with Crippen molar-refractivity contribution in [2.45, 2.75) is 16.9 Å². The zero-order chi connectivity index (χ0) is 7.56. The van der Waals surface area contributed by atoms with Crippen LogP contribution in [0.1, 0.15) is 6.42 Å². The second kappa shape index (κ2) is 3.30. The Bertz CT molecular complexity index is 159. The molecule has 0 aromatic heterocycles. The van der Waals surface area contributed by atoms with Gasteiger partial charge in [-0.05, 0) is 6.42 Å². The molecule has 0 bridgehead atoms. The highest BCUT2D eigenvalue weighted by atomic mass is 33.1. The Morgan fingerprint density at radius 2 is 2.30 bits per heavy atom. The summed E-state index contributed by atoms with van der Waals surface area (Å²) < 4.78 is 0. The number of carboxylic acids is 1. The van der Waals surface area contributed by atoms with Crippen LogP contribution in [0.5, 0.6) is 0 Å². The van der Waals surface area contributed by atoms with Crippen LogP contribution in [0.15, 0.2) is 0 Å². The number of carboxylic acid groups (broad SMARTS) is 1. The molecule has 2 atom stereocenters. The lowest BCUT2D eigenvalue weighted by Gasteiger charge is -1.96. The van der Waals surface area contributed by atoms with Gasteiger partial charge in [0.1, 0.15) is 11.5 Å². The van der Waals surface area contributed by atoms with Crippen LogP contribution in [0.25, 0.3) is 0 Å². The third kappa shape index (κ3) is 1.67. The zero-order valence-electron chi connectivity index (χ0n) is 5.02. The third-order valence-electron chi connectivity index (χ3n) is 1.17. The molecule has 3 nitrogen and oxygen atoms in total. The van der Waals surface area contributed by atoms with Gasteiger partial charge in [0, 0.05) is 0 Å². The van der Waals surface area contributed by atoms with Crippen molar-refractivity contribution in [1.29, 1.82) is 0 Å². The van der Waals surface area contributed by atoms with E-state index in [4.69, 9.17) is 5.11 Å². The molecule has 0 amide bonds. The average Bonchev–Trinajstić information content (AvgIpc) is 2.34. The molecular formula is C5H6O3S2.